The molecule has 2 aromatic carbocycles. The summed E-state index contributed by atoms with van der Waals surface area (Å²) in [6.45, 7) is 2.12. The molecule has 35 heavy (non-hydrogen) atoms. The van der Waals surface area contributed by atoms with E-state index in [0.717, 1.165) is 53.8 Å². The highest BCUT2D eigenvalue weighted by Crippen LogP contribution is 2.31. The molecule has 7 heteroatoms. The molecule has 3 heterocycles. The molecule has 1 N–H and O–H groups in total. The normalized spacial score (nSPS) is 14.4. The Labute approximate surface area is 209 Å². The summed E-state index contributed by atoms with van der Waals surface area (Å²) < 4.78 is 0. The van der Waals surface area contributed by atoms with Gasteiger partial charge in [0.1, 0.15) is 5.69 Å². The molecule has 2 aromatic heterocycles. The van der Waals surface area contributed by atoms with Crippen LogP contribution in [0.1, 0.15) is 45.4 Å². The first-order valence-corrected chi connectivity index (χ1v) is 13.0. The zero-order valence-corrected chi connectivity index (χ0v) is 20.8. The fourth-order valence-electron chi connectivity index (χ4n) is 4.74. The van der Waals surface area contributed by atoms with Gasteiger partial charge in [0.15, 0.2) is 0 Å². The number of hydrogen-bond acceptors (Lipinski definition) is 4. The van der Waals surface area contributed by atoms with E-state index in [4.69, 9.17) is 4.98 Å². The molecule has 2 amide bonds. The fourth-order valence-corrected chi connectivity index (χ4v) is 5.71. The highest BCUT2D eigenvalue weighted by molar-refractivity contribution is 7.09. The monoisotopic (exact) mass is 486 g/mol. The number of nitrogens with zero attached hydrogens (tertiary/aromatic N) is 3. The van der Waals surface area contributed by atoms with E-state index < -0.39 is 0 Å². The molecule has 180 valence electrons. The molecular weight excluding hydrogens is 456 g/mol. The number of aromatic nitrogens is 2. The Balaban J connectivity index is 1.13. The summed E-state index contributed by atoms with van der Waals surface area (Å²) in [4.78, 5) is 37.5. The average Bonchev–Trinajstić information content (AvgIpc) is 3.56. The first-order valence-electron chi connectivity index (χ1n) is 12.2. The van der Waals surface area contributed by atoms with Crippen LogP contribution in [0.3, 0.4) is 0 Å². The number of aromatic amines is 1. The van der Waals surface area contributed by atoms with Crippen LogP contribution in [0.2, 0.25) is 0 Å². The summed E-state index contributed by atoms with van der Waals surface area (Å²) in [5.74, 6) is 0.436. The third-order valence-electron chi connectivity index (χ3n) is 6.88. The van der Waals surface area contributed by atoms with Gasteiger partial charge in [0.2, 0.25) is 5.91 Å². The minimum Gasteiger partial charge on any atom is -0.361 e. The highest BCUT2D eigenvalue weighted by atomic mass is 32.1. The van der Waals surface area contributed by atoms with Crippen molar-refractivity contribution in [2.45, 2.75) is 31.6 Å². The average molecular weight is 487 g/mol. The Hall–Kier alpha value is -3.45. The number of H-pyrrole nitrogens is 1. The van der Waals surface area contributed by atoms with Gasteiger partial charge in [-0.25, -0.2) is 4.98 Å². The number of fused-ring (bicyclic) bond motifs is 1. The molecule has 0 saturated carbocycles. The molecule has 0 spiro atoms. The molecule has 1 saturated heterocycles. The van der Waals surface area contributed by atoms with Crippen LogP contribution in [0.4, 0.5) is 0 Å². The number of piperidine rings is 1. The Morgan fingerprint density at radius 3 is 2.63 bits per heavy atom. The first-order chi connectivity index (χ1) is 17.1. The largest absolute Gasteiger partial charge is 0.361 e. The summed E-state index contributed by atoms with van der Waals surface area (Å²) in [5, 5.41) is 4.00. The summed E-state index contributed by atoms with van der Waals surface area (Å²) in [6.07, 6.45) is 4.94. The van der Waals surface area contributed by atoms with E-state index in [2.05, 4.69) is 23.2 Å². The van der Waals surface area contributed by atoms with Crippen molar-refractivity contribution in [2.24, 2.45) is 0 Å². The first kappa shape index (κ1) is 23.3. The Kier molecular flexibility index (Phi) is 6.95. The standard InChI is InChI=1S/C28H30N4O2S/c1-31(14-11-20-7-3-2-4-8-20)28(34)25-19-35-27(30-25)21-12-15-32(16-13-21)26(33)17-22-18-29-24-10-6-5-9-23(22)24/h2-10,18-19,21,29H,11-17H2,1H3. The molecule has 0 aliphatic carbocycles. The molecule has 1 aliphatic heterocycles. The van der Waals surface area contributed by atoms with Gasteiger partial charge in [-0.1, -0.05) is 48.5 Å². The fraction of sp³-hybridized carbons (Fsp3) is 0.321. The van der Waals surface area contributed by atoms with E-state index in [1.807, 2.05) is 59.9 Å². The van der Waals surface area contributed by atoms with Crippen molar-refractivity contribution < 1.29 is 9.59 Å². The van der Waals surface area contributed by atoms with E-state index in [9.17, 15) is 9.59 Å². The van der Waals surface area contributed by atoms with E-state index in [1.165, 1.54) is 5.56 Å². The summed E-state index contributed by atoms with van der Waals surface area (Å²) in [7, 11) is 1.84. The zero-order chi connectivity index (χ0) is 24.2. The summed E-state index contributed by atoms with van der Waals surface area (Å²) >= 11 is 1.56. The molecule has 5 rings (SSSR count). The topological polar surface area (TPSA) is 69.3 Å². The van der Waals surface area contributed by atoms with Crippen molar-refractivity contribution >= 4 is 34.1 Å². The van der Waals surface area contributed by atoms with Crippen molar-refractivity contribution in [1.29, 1.82) is 0 Å². The lowest BCUT2D eigenvalue weighted by Crippen LogP contribution is -2.38. The van der Waals surface area contributed by atoms with Crippen molar-refractivity contribution in [1.82, 2.24) is 19.8 Å². The number of para-hydroxylation sites is 1. The van der Waals surface area contributed by atoms with Crippen LogP contribution >= 0.6 is 11.3 Å². The zero-order valence-electron chi connectivity index (χ0n) is 19.9. The number of carbonyl (C=O) groups is 2. The minimum atomic E-state index is -0.0326. The van der Waals surface area contributed by atoms with E-state index in [1.54, 1.807) is 16.2 Å². The number of likely N-dealkylation sites (N-methyl/N-ethyl adjacent to an activating group) is 1. The number of nitrogens with one attached hydrogen (secondary N) is 1. The molecule has 0 unspecified atom stereocenters. The second-order valence-corrected chi connectivity index (χ2v) is 10.1. The van der Waals surface area contributed by atoms with Crippen LogP contribution in [0.5, 0.6) is 0 Å². The van der Waals surface area contributed by atoms with E-state index in [0.29, 0.717) is 24.6 Å². The number of hydrogen-bond donors (Lipinski definition) is 1. The number of benzene rings is 2. The summed E-state index contributed by atoms with van der Waals surface area (Å²) in [5.41, 5.74) is 3.86. The number of rotatable bonds is 7. The lowest BCUT2D eigenvalue weighted by molar-refractivity contribution is -0.131. The van der Waals surface area contributed by atoms with Gasteiger partial charge in [0, 0.05) is 55.1 Å². The van der Waals surface area contributed by atoms with Crippen molar-refractivity contribution in [3.8, 4) is 0 Å². The van der Waals surface area contributed by atoms with Gasteiger partial charge in [0.25, 0.3) is 5.91 Å². The van der Waals surface area contributed by atoms with Crippen molar-refractivity contribution in [2.75, 3.05) is 26.7 Å². The maximum Gasteiger partial charge on any atom is 0.273 e. The second-order valence-electron chi connectivity index (χ2n) is 9.22. The molecule has 1 fully saturated rings. The van der Waals surface area contributed by atoms with Crippen LogP contribution in [0.15, 0.2) is 66.2 Å². The SMILES string of the molecule is CN(CCc1ccccc1)C(=O)c1csc(C2CCN(C(=O)Cc3c[nH]c4ccccc34)CC2)n1. The number of amides is 2. The minimum absolute atomic E-state index is 0.0326. The molecule has 0 radical (unpaired) electrons. The lowest BCUT2D eigenvalue weighted by atomic mass is 9.97. The van der Waals surface area contributed by atoms with Gasteiger partial charge in [-0.3, -0.25) is 9.59 Å². The molecule has 0 bridgehead atoms. The Morgan fingerprint density at radius 2 is 1.83 bits per heavy atom. The predicted octanol–water partition coefficient (Wildman–Crippen LogP) is 4.89. The van der Waals surface area contributed by atoms with Crippen LogP contribution in [0.25, 0.3) is 10.9 Å². The van der Waals surface area contributed by atoms with E-state index in [-0.39, 0.29) is 11.8 Å². The molecule has 0 atom stereocenters. The van der Waals surface area contributed by atoms with Gasteiger partial charge in [-0.2, -0.15) is 0 Å². The number of likely N-dealkylation sites (tertiary alicyclic amines) is 1. The van der Waals surface area contributed by atoms with Gasteiger partial charge < -0.3 is 14.8 Å². The van der Waals surface area contributed by atoms with Crippen LogP contribution in [-0.4, -0.2) is 58.3 Å². The maximum atomic E-state index is 12.9. The van der Waals surface area contributed by atoms with Crippen LogP contribution in [-0.2, 0) is 17.6 Å². The van der Waals surface area contributed by atoms with Gasteiger partial charge in [-0.05, 0) is 36.5 Å². The molecule has 4 aromatic rings. The second kappa shape index (κ2) is 10.4. The Morgan fingerprint density at radius 1 is 1.09 bits per heavy atom. The third-order valence-corrected chi connectivity index (χ3v) is 7.89. The van der Waals surface area contributed by atoms with E-state index >= 15 is 0 Å². The maximum absolute atomic E-state index is 12.9. The number of carbonyl (C=O) groups excluding carboxylic acids is 2. The third kappa shape index (κ3) is 5.30. The van der Waals surface area contributed by atoms with Gasteiger partial charge in [0.05, 0.1) is 11.4 Å². The van der Waals surface area contributed by atoms with Gasteiger partial charge in [-0.15, -0.1) is 11.3 Å². The smallest absolute Gasteiger partial charge is 0.273 e. The van der Waals surface area contributed by atoms with Gasteiger partial charge >= 0.3 is 0 Å². The van der Waals surface area contributed by atoms with Crippen molar-refractivity contribution in [3.63, 3.8) is 0 Å². The molecular formula is C28H30N4O2S. The van der Waals surface area contributed by atoms with Crippen LogP contribution in [0, 0.1) is 0 Å². The Bertz CT molecular complexity index is 1300. The predicted molar refractivity (Wildman–Crippen MR) is 140 cm³/mol. The summed E-state index contributed by atoms with van der Waals surface area (Å²) in [6, 6.07) is 18.3. The highest BCUT2D eigenvalue weighted by Gasteiger charge is 2.27. The molecule has 6 nitrogen and oxygen atoms in total. The van der Waals surface area contributed by atoms with Crippen LogP contribution < -0.4 is 0 Å². The quantitative estimate of drug-likeness (QED) is 0.404. The number of thiazole rings is 1. The van der Waals surface area contributed by atoms with Crippen molar-refractivity contribution in [3.05, 3.63) is 88.0 Å². The lowest BCUT2D eigenvalue weighted by Gasteiger charge is -2.31. The molecule has 1 aliphatic rings.